The number of fused-ring (bicyclic) bond motifs is 1. The number of benzene rings is 1. The number of nitrogens with two attached hydrogens (primary N) is 1. The molecule has 0 aliphatic heterocycles. The number of carbonyl (C=O) groups excluding carboxylic acids is 1. The molecule has 5 heteroatoms. The van der Waals surface area contributed by atoms with E-state index < -0.39 is 11.3 Å². The molecule has 1 heterocycles. The molecule has 0 atom stereocenters. The van der Waals surface area contributed by atoms with Crippen LogP contribution in [0.15, 0.2) is 27.4 Å². The van der Waals surface area contributed by atoms with Crippen LogP contribution in [0.3, 0.4) is 0 Å². The van der Waals surface area contributed by atoms with Crippen molar-refractivity contribution < 1.29 is 9.21 Å². The molecule has 2 rings (SSSR count). The molecule has 2 aromatic rings. The molecule has 20 heavy (non-hydrogen) atoms. The molecular weight excluding hydrogens is 256 g/mol. The van der Waals surface area contributed by atoms with Crippen molar-refractivity contribution >= 4 is 22.8 Å². The van der Waals surface area contributed by atoms with Gasteiger partial charge in [-0.25, -0.2) is 0 Å². The van der Waals surface area contributed by atoms with E-state index in [1.165, 1.54) is 0 Å². The minimum absolute atomic E-state index is 0.0958. The molecule has 0 fully saturated rings. The van der Waals surface area contributed by atoms with Crippen molar-refractivity contribution in [3.05, 3.63) is 39.5 Å². The third-order valence-corrected chi connectivity index (χ3v) is 3.23. The molecule has 1 aromatic heterocycles. The Balaban J connectivity index is 2.86. The zero-order valence-corrected chi connectivity index (χ0v) is 12.0. The number of primary amides is 1. The normalized spacial score (nSPS) is 11.6. The molecule has 0 saturated carbocycles. The third kappa shape index (κ3) is 2.27. The van der Waals surface area contributed by atoms with Gasteiger partial charge in [-0.05, 0) is 23.1 Å². The Bertz CT molecular complexity index is 739. The van der Waals surface area contributed by atoms with Crippen LogP contribution in [0.5, 0.6) is 0 Å². The molecule has 3 N–H and O–H groups in total. The molecule has 0 spiro atoms. The van der Waals surface area contributed by atoms with Gasteiger partial charge in [0.05, 0.1) is 5.39 Å². The van der Waals surface area contributed by atoms with E-state index in [2.05, 4.69) is 5.32 Å². The molecule has 0 unspecified atom stereocenters. The Morgan fingerprint density at radius 3 is 2.45 bits per heavy atom. The van der Waals surface area contributed by atoms with Crippen molar-refractivity contribution in [2.75, 3.05) is 12.4 Å². The van der Waals surface area contributed by atoms with Crippen LogP contribution in [0.4, 0.5) is 5.88 Å². The van der Waals surface area contributed by atoms with Crippen LogP contribution in [0.1, 0.15) is 36.7 Å². The molecular formula is C15H18N2O3. The van der Waals surface area contributed by atoms with Gasteiger partial charge >= 0.3 is 0 Å². The number of amides is 1. The van der Waals surface area contributed by atoms with Crippen LogP contribution in [-0.2, 0) is 5.41 Å². The SMILES string of the molecule is CNc1oc2ccc(C(C)(C)C)cc2c(=O)c1C(N)=O. The lowest BCUT2D eigenvalue weighted by Gasteiger charge is -2.19. The Morgan fingerprint density at radius 1 is 1.30 bits per heavy atom. The Labute approximate surface area is 116 Å². The standard InChI is InChI=1S/C15H18N2O3/c1-15(2,3)8-5-6-10-9(7-8)12(18)11(13(16)19)14(17-4)20-10/h5-7,17H,1-4H3,(H2,16,19). The number of anilines is 1. The second-order valence-electron chi connectivity index (χ2n) is 5.71. The summed E-state index contributed by atoms with van der Waals surface area (Å²) in [6.45, 7) is 6.15. The molecule has 0 bridgehead atoms. The first-order valence-electron chi connectivity index (χ1n) is 6.34. The second-order valence-corrected chi connectivity index (χ2v) is 5.71. The number of hydrogen-bond donors (Lipinski definition) is 2. The van der Waals surface area contributed by atoms with Gasteiger partial charge in [-0.15, -0.1) is 0 Å². The van der Waals surface area contributed by atoms with E-state index >= 15 is 0 Å². The van der Waals surface area contributed by atoms with Crippen LogP contribution in [0.25, 0.3) is 11.0 Å². The molecule has 0 aliphatic carbocycles. The van der Waals surface area contributed by atoms with E-state index in [0.717, 1.165) is 5.56 Å². The highest BCUT2D eigenvalue weighted by atomic mass is 16.3. The van der Waals surface area contributed by atoms with E-state index in [1.807, 2.05) is 26.8 Å². The summed E-state index contributed by atoms with van der Waals surface area (Å²) in [7, 11) is 1.57. The maximum Gasteiger partial charge on any atom is 0.258 e. The summed E-state index contributed by atoms with van der Waals surface area (Å²) in [6, 6.07) is 5.41. The number of rotatable bonds is 2. The predicted octanol–water partition coefficient (Wildman–Crippen LogP) is 2.23. The average Bonchev–Trinajstić information content (AvgIpc) is 2.36. The quantitative estimate of drug-likeness (QED) is 0.879. The third-order valence-electron chi connectivity index (χ3n) is 3.23. The van der Waals surface area contributed by atoms with Crippen LogP contribution in [0.2, 0.25) is 0 Å². The van der Waals surface area contributed by atoms with Crippen molar-refractivity contribution in [2.24, 2.45) is 5.73 Å². The predicted molar refractivity (Wildman–Crippen MR) is 79.2 cm³/mol. The van der Waals surface area contributed by atoms with Crippen LogP contribution < -0.4 is 16.5 Å². The largest absolute Gasteiger partial charge is 0.440 e. The lowest BCUT2D eigenvalue weighted by Crippen LogP contribution is -2.24. The van der Waals surface area contributed by atoms with E-state index in [-0.39, 0.29) is 16.9 Å². The minimum atomic E-state index is -0.800. The van der Waals surface area contributed by atoms with Crippen LogP contribution in [-0.4, -0.2) is 13.0 Å². The smallest absolute Gasteiger partial charge is 0.258 e. The van der Waals surface area contributed by atoms with Gasteiger partial charge in [-0.1, -0.05) is 26.8 Å². The lowest BCUT2D eigenvalue weighted by molar-refractivity contribution is 0.0999. The van der Waals surface area contributed by atoms with Gasteiger partial charge in [0.2, 0.25) is 11.3 Å². The highest BCUT2D eigenvalue weighted by Crippen LogP contribution is 2.26. The van der Waals surface area contributed by atoms with E-state index in [4.69, 9.17) is 10.2 Å². The first-order chi connectivity index (χ1) is 9.25. The van der Waals surface area contributed by atoms with Crippen LogP contribution >= 0.6 is 0 Å². The molecule has 5 nitrogen and oxygen atoms in total. The first kappa shape index (κ1) is 14.1. The highest BCUT2D eigenvalue weighted by molar-refractivity contribution is 6.00. The van der Waals surface area contributed by atoms with Crippen molar-refractivity contribution in [3.63, 3.8) is 0 Å². The molecule has 1 aromatic carbocycles. The number of nitrogens with one attached hydrogen (secondary N) is 1. The zero-order chi connectivity index (χ0) is 15.1. The first-order valence-corrected chi connectivity index (χ1v) is 6.34. The maximum absolute atomic E-state index is 12.4. The van der Waals surface area contributed by atoms with Gasteiger partial charge in [-0.3, -0.25) is 9.59 Å². The second kappa shape index (κ2) is 4.67. The molecule has 0 aliphatic rings. The van der Waals surface area contributed by atoms with Gasteiger partial charge in [0, 0.05) is 7.05 Å². The lowest BCUT2D eigenvalue weighted by atomic mass is 9.86. The van der Waals surface area contributed by atoms with Crippen molar-refractivity contribution in [1.82, 2.24) is 0 Å². The molecule has 1 amide bonds. The minimum Gasteiger partial charge on any atom is -0.440 e. The topological polar surface area (TPSA) is 85.3 Å². The van der Waals surface area contributed by atoms with Gasteiger partial charge in [0.25, 0.3) is 5.91 Å². The van der Waals surface area contributed by atoms with E-state index in [0.29, 0.717) is 11.0 Å². The summed E-state index contributed by atoms with van der Waals surface area (Å²) in [4.78, 5) is 23.9. The highest BCUT2D eigenvalue weighted by Gasteiger charge is 2.20. The Morgan fingerprint density at radius 2 is 1.95 bits per heavy atom. The van der Waals surface area contributed by atoms with E-state index in [9.17, 15) is 9.59 Å². The monoisotopic (exact) mass is 274 g/mol. The van der Waals surface area contributed by atoms with Crippen molar-refractivity contribution in [2.45, 2.75) is 26.2 Å². The van der Waals surface area contributed by atoms with E-state index in [1.54, 1.807) is 19.2 Å². The Hall–Kier alpha value is -2.30. The van der Waals surface area contributed by atoms with Crippen molar-refractivity contribution in [1.29, 1.82) is 0 Å². The summed E-state index contributed by atoms with van der Waals surface area (Å²) in [5, 5.41) is 3.05. The Kier molecular flexibility index (Phi) is 3.29. The van der Waals surface area contributed by atoms with Gasteiger partial charge in [0.1, 0.15) is 11.1 Å². The fourth-order valence-electron chi connectivity index (χ4n) is 2.06. The fourth-order valence-corrected chi connectivity index (χ4v) is 2.06. The van der Waals surface area contributed by atoms with Gasteiger partial charge in [-0.2, -0.15) is 0 Å². The molecule has 0 radical (unpaired) electrons. The number of hydrogen-bond acceptors (Lipinski definition) is 4. The average molecular weight is 274 g/mol. The zero-order valence-electron chi connectivity index (χ0n) is 12.0. The van der Waals surface area contributed by atoms with Crippen LogP contribution in [0, 0.1) is 0 Å². The summed E-state index contributed by atoms with van der Waals surface area (Å²) >= 11 is 0. The summed E-state index contributed by atoms with van der Waals surface area (Å²) < 4.78 is 5.54. The summed E-state index contributed by atoms with van der Waals surface area (Å²) in [6.07, 6.45) is 0. The maximum atomic E-state index is 12.4. The molecule has 0 saturated heterocycles. The van der Waals surface area contributed by atoms with Crippen molar-refractivity contribution in [3.8, 4) is 0 Å². The summed E-state index contributed by atoms with van der Waals surface area (Å²) in [5.74, 6) is -0.704. The molecule has 106 valence electrons. The van der Waals surface area contributed by atoms with Gasteiger partial charge < -0.3 is 15.5 Å². The fraction of sp³-hybridized carbons (Fsp3) is 0.333. The number of carbonyl (C=O) groups is 1. The summed E-state index contributed by atoms with van der Waals surface area (Å²) in [5.41, 5.74) is 6.03. The van der Waals surface area contributed by atoms with Gasteiger partial charge in [0.15, 0.2) is 0 Å².